The van der Waals surface area contributed by atoms with E-state index >= 15 is 0 Å². The van der Waals surface area contributed by atoms with E-state index in [-0.39, 0.29) is 61.6 Å². The summed E-state index contributed by atoms with van der Waals surface area (Å²) < 4.78 is 27.9. The smallest absolute Gasteiger partial charge is 0.252 e. The van der Waals surface area contributed by atoms with Gasteiger partial charge in [-0.15, -0.1) is 0 Å². The van der Waals surface area contributed by atoms with Crippen LogP contribution in [0.15, 0.2) is 28.2 Å². The molecule has 6 rings (SSSR count). The highest BCUT2D eigenvalue weighted by molar-refractivity contribution is 6.02. The molecule has 0 aromatic heterocycles. The lowest BCUT2D eigenvalue weighted by atomic mass is 9.84. The van der Waals surface area contributed by atoms with Gasteiger partial charge in [0.1, 0.15) is 12.1 Å². The number of nitrogens with one attached hydrogen (secondary N) is 2. The molecule has 13 nitrogen and oxygen atoms in total. The number of hydrogen-bond donors (Lipinski definition) is 6. The molecule has 15 heteroatoms. The third-order valence-electron chi connectivity index (χ3n) is 8.34. The maximum Gasteiger partial charge on any atom is 0.252 e. The Morgan fingerprint density at radius 1 is 1.15 bits per heavy atom. The topological polar surface area (TPSA) is 199 Å². The summed E-state index contributed by atoms with van der Waals surface area (Å²) in [5.41, 5.74) is 11.4. The molecule has 1 aromatic carbocycles. The summed E-state index contributed by atoms with van der Waals surface area (Å²) in [6.45, 7) is -0.396. The fraction of sp³-hybridized carbons (Fsp3) is 0.542. The first-order valence-electron chi connectivity index (χ1n) is 12.6. The first-order chi connectivity index (χ1) is 18.3. The third kappa shape index (κ3) is 3.66. The lowest BCUT2D eigenvalue weighted by molar-refractivity contribution is -0.230. The van der Waals surface area contributed by atoms with Crippen molar-refractivity contribution in [2.75, 3.05) is 13.1 Å². The van der Waals surface area contributed by atoms with Gasteiger partial charge in [-0.2, -0.15) is 0 Å². The molecule has 0 saturated carbocycles. The average Bonchev–Trinajstić information content (AvgIpc) is 3.45. The molecule has 0 bridgehead atoms. The summed E-state index contributed by atoms with van der Waals surface area (Å²) >= 11 is 0. The van der Waals surface area contributed by atoms with Crippen LogP contribution in [0.5, 0.6) is 0 Å². The zero-order valence-corrected chi connectivity index (χ0v) is 20.7. The molecule has 39 heavy (non-hydrogen) atoms. The Balaban J connectivity index is 1.30. The van der Waals surface area contributed by atoms with Gasteiger partial charge in [-0.05, 0) is 23.6 Å². The van der Waals surface area contributed by atoms with Crippen LogP contribution in [-0.4, -0.2) is 98.2 Å². The number of nitrogens with zero attached hydrogens (tertiary/aromatic N) is 4. The van der Waals surface area contributed by atoms with Crippen LogP contribution >= 0.6 is 0 Å². The highest BCUT2D eigenvalue weighted by atomic mass is 19.3. The van der Waals surface area contributed by atoms with E-state index in [1.54, 1.807) is 6.07 Å². The van der Waals surface area contributed by atoms with Gasteiger partial charge in [0.2, 0.25) is 17.6 Å². The second-order valence-electron chi connectivity index (χ2n) is 10.6. The van der Waals surface area contributed by atoms with Crippen LogP contribution in [0.25, 0.3) is 0 Å². The van der Waals surface area contributed by atoms with E-state index in [0.717, 1.165) is 4.90 Å². The van der Waals surface area contributed by atoms with E-state index in [0.29, 0.717) is 11.1 Å². The van der Waals surface area contributed by atoms with Crippen LogP contribution in [-0.2, 0) is 22.4 Å². The van der Waals surface area contributed by atoms with Crippen molar-refractivity contribution in [2.45, 2.75) is 67.6 Å². The van der Waals surface area contributed by atoms with Crippen molar-refractivity contribution in [2.24, 2.45) is 21.5 Å². The normalized spacial score (nSPS) is 32.2. The first kappa shape index (κ1) is 25.4. The molecule has 1 spiro atoms. The van der Waals surface area contributed by atoms with Crippen molar-refractivity contribution in [3.8, 4) is 0 Å². The molecule has 0 radical (unpaired) electrons. The average molecular weight is 547 g/mol. The molecule has 2 saturated heterocycles. The highest BCUT2D eigenvalue weighted by Gasteiger charge is 2.73. The van der Waals surface area contributed by atoms with Crippen molar-refractivity contribution < 1.29 is 33.4 Å². The van der Waals surface area contributed by atoms with Crippen LogP contribution in [0.3, 0.4) is 0 Å². The van der Waals surface area contributed by atoms with E-state index in [2.05, 4.69) is 20.6 Å². The van der Waals surface area contributed by atoms with E-state index < -0.39 is 54.2 Å². The van der Waals surface area contributed by atoms with Gasteiger partial charge in [-0.25, -0.2) is 18.8 Å². The van der Waals surface area contributed by atoms with Gasteiger partial charge in [-0.3, -0.25) is 19.3 Å². The zero-order valence-electron chi connectivity index (χ0n) is 20.7. The Hall–Kier alpha value is -3.85. The summed E-state index contributed by atoms with van der Waals surface area (Å²) in [5, 5.41) is 28.6. The lowest BCUT2D eigenvalue weighted by Gasteiger charge is -2.49. The minimum Gasteiger partial charge on any atom is -0.370 e. The minimum atomic E-state index is -2.86. The molecule has 8 N–H and O–H groups in total. The standard InChI is InChI=1S/C24H28F2N8O5/c25-22(26)7-6-12-11(8-22)2-1-3-13(12)19(37)30-15-10-34-21(28)29-14(9-33-16(35)4-5-17(33)36)18-23(34,24(15,38)39)32-20(27)31-18/h1-3,14-15,18,38-39H,4-10H2,(H2,28,29)(H,30,37)(H3,27,31,32)/t14-,15?,18-,23-/m0/s1. The number of rotatable bonds is 4. The number of imide groups is 1. The number of fused-ring (bicyclic) bond motifs is 1. The highest BCUT2D eigenvalue weighted by Crippen LogP contribution is 2.45. The molecular formula is C24H28F2N8O5. The summed E-state index contributed by atoms with van der Waals surface area (Å²) in [5.74, 6) is -7.29. The maximum atomic E-state index is 13.9. The molecule has 4 aliphatic heterocycles. The predicted molar refractivity (Wildman–Crippen MR) is 131 cm³/mol. The van der Waals surface area contributed by atoms with Gasteiger partial charge in [0.15, 0.2) is 17.6 Å². The number of benzene rings is 1. The van der Waals surface area contributed by atoms with Crippen molar-refractivity contribution in [3.05, 3.63) is 34.9 Å². The molecule has 4 heterocycles. The van der Waals surface area contributed by atoms with Crippen LogP contribution in [0, 0.1) is 0 Å². The Kier molecular flexibility index (Phi) is 5.43. The van der Waals surface area contributed by atoms with Crippen LogP contribution < -0.4 is 22.1 Å². The van der Waals surface area contributed by atoms with Gasteiger partial charge in [0.25, 0.3) is 11.8 Å². The van der Waals surface area contributed by atoms with Crippen LogP contribution in [0.2, 0.25) is 0 Å². The molecule has 1 aliphatic carbocycles. The van der Waals surface area contributed by atoms with E-state index in [9.17, 15) is 33.4 Å². The third-order valence-corrected chi connectivity index (χ3v) is 8.34. The van der Waals surface area contributed by atoms with Crippen molar-refractivity contribution in [3.63, 3.8) is 0 Å². The fourth-order valence-electron chi connectivity index (χ4n) is 6.47. The van der Waals surface area contributed by atoms with E-state index in [1.807, 2.05) is 0 Å². The van der Waals surface area contributed by atoms with Gasteiger partial charge in [-0.1, -0.05) is 12.1 Å². The molecule has 4 atom stereocenters. The number of aliphatic imine (C=N–C) groups is 2. The van der Waals surface area contributed by atoms with Crippen LogP contribution in [0.4, 0.5) is 8.78 Å². The number of carbonyl (C=O) groups is 3. The summed E-state index contributed by atoms with van der Waals surface area (Å²) in [6, 6.07) is 1.19. The maximum absolute atomic E-state index is 13.9. The number of nitrogens with two attached hydrogens (primary N) is 2. The Morgan fingerprint density at radius 3 is 2.59 bits per heavy atom. The SMILES string of the molecule is NC1=N[C@H]2[C@H](CN3C(=O)CCC3=O)N=C(N)N3CC(NC(=O)c4cccc5c4CCC(F)(F)C5)C(O)(O)[C@]23N1. The summed E-state index contributed by atoms with van der Waals surface area (Å²) in [7, 11) is 0. The van der Waals surface area contributed by atoms with Gasteiger partial charge in [0, 0.05) is 37.8 Å². The Labute approximate surface area is 220 Å². The summed E-state index contributed by atoms with van der Waals surface area (Å²) in [6.07, 6.45) is -0.747. The Morgan fingerprint density at radius 2 is 1.87 bits per heavy atom. The molecular weight excluding hydrogens is 518 g/mol. The second-order valence-corrected chi connectivity index (χ2v) is 10.6. The molecule has 3 amide bonds. The Bertz CT molecular complexity index is 1330. The molecule has 1 aromatic rings. The number of hydrogen-bond acceptors (Lipinski definition) is 11. The van der Waals surface area contributed by atoms with Gasteiger partial charge >= 0.3 is 0 Å². The van der Waals surface area contributed by atoms with Gasteiger partial charge in [0.05, 0.1) is 12.6 Å². The van der Waals surface area contributed by atoms with Crippen molar-refractivity contribution in [1.29, 1.82) is 0 Å². The zero-order chi connectivity index (χ0) is 27.9. The number of halogens is 2. The number of carbonyl (C=O) groups excluding carboxylic acids is 3. The lowest BCUT2D eigenvalue weighted by Crippen LogP contribution is -2.78. The fourth-order valence-corrected chi connectivity index (χ4v) is 6.47. The molecule has 2 fully saturated rings. The first-order valence-corrected chi connectivity index (χ1v) is 12.6. The number of guanidine groups is 2. The molecule has 1 unspecified atom stereocenters. The minimum absolute atomic E-state index is 0.000716. The quantitative estimate of drug-likeness (QED) is 0.178. The largest absolute Gasteiger partial charge is 0.370 e. The number of aliphatic hydroxyl groups is 2. The van der Waals surface area contributed by atoms with Crippen LogP contribution in [0.1, 0.15) is 40.7 Å². The van der Waals surface area contributed by atoms with E-state index in [1.165, 1.54) is 17.0 Å². The predicted octanol–water partition coefficient (Wildman–Crippen LogP) is -2.27. The van der Waals surface area contributed by atoms with Crippen molar-refractivity contribution >= 4 is 29.6 Å². The van der Waals surface area contributed by atoms with Crippen molar-refractivity contribution in [1.82, 2.24) is 20.4 Å². The second kappa shape index (κ2) is 8.32. The van der Waals surface area contributed by atoms with E-state index in [4.69, 9.17) is 11.5 Å². The molecule has 208 valence electrons. The number of likely N-dealkylation sites (tertiary alicyclic amines) is 1. The van der Waals surface area contributed by atoms with Gasteiger partial charge < -0.3 is 37.2 Å². The molecule has 5 aliphatic rings. The summed E-state index contributed by atoms with van der Waals surface area (Å²) in [4.78, 5) is 49.0. The monoisotopic (exact) mass is 546 g/mol. The number of amides is 3. The number of alkyl halides is 2.